The zero-order chi connectivity index (χ0) is 21.1. The van der Waals surface area contributed by atoms with Gasteiger partial charge in [0.2, 0.25) is 0 Å². The van der Waals surface area contributed by atoms with Crippen molar-refractivity contribution in [2.75, 3.05) is 0 Å². The summed E-state index contributed by atoms with van der Waals surface area (Å²) in [7, 11) is 0. The van der Waals surface area contributed by atoms with E-state index in [1.165, 1.54) is 88.2 Å². The van der Waals surface area contributed by atoms with Crippen LogP contribution >= 0.6 is 0 Å². The monoisotopic (exact) mass is 418 g/mol. The topological polar surface area (TPSA) is 20.2 Å². The third kappa shape index (κ3) is 2.67. The largest absolute Gasteiger partial charge is 0.508 e. The minimum absolute atomic E-state index is 0.375. The molecule has 1 aromatic rings. The summed E-state index contributed by atoms with van der Waals surface area (Å²) in [4.78, 5) is 0. The van der Waals surface area contributed by atoms with E-state index in [2.05, 4.69) is 26.8 Å². The van der Waals surface area contributed by atoms with E-state index in [0.29, 0.717) is 22.5 Å². The second kappa shape index (κ2) is 6.32. The lowest BCUT2D eigenvalue weighted by Crippen LogP contribution is -2.53. The van der Waals surface area contributed by atoms with Gasteiger partial charge in [-0.3, -0.25) is 0 Å². The molecular formula is C30H42O. The fourth-order valence-corrected chi connectivity index (χ4v) is 11.3. The van der Waals surface area contributed by atoms with Gasteiger partial charge in [-0.2, -0.15) is 0 Å². The number of phenols is 1. The highest BCUT2D eigenvalue weighted by Gasteiger charge is 2.57. The van der Waals surface area contributed by atoms with E-state index in [9.17, 15) is 5.11 Å². The molecule has 0 atom stereocenters. The van der Waals surface area contributed by atoms with Crippen molar-refractivity contribution in [3.8, 4) is 5.75 Å². The quantitative estimate of drug-likeness (QED) is 0.532. The molecule has 1 nitrogen and oxygen atoms in total. The van der Waals surface area contributed by atoms with E-state index in [0.717, 1.165) is 35.5 Å². The van der Waals surface area contributed by atoms with E-state index in [-0.39, 0.29) is 0 Å². The third-order valence-electron chi connectivity index (χ3n) is 11.3. The Bertz CT molecular complexity index is 850. The molecule has 0 saturated heterocycles. The molecule has 1 N–H and O–H groups in total. The summed E-state index contributed by atoms with van der Waals surface area (Å²) in [5, 5.41) is 11.2. The van der Waals surface area contributed by atoms with Crippen LogP contribution in [0.2, 0.25) is 0 Å². The summed E-state index contributed by atoms with van der Waals surface area (Å²) in [6.45, 7) is 7.06. The van der Waals surface area contributed by atoms with Crippen molar-refractivity contribution < 1.29 is 5.11 Å². The van der Waals surface area contributed by atoms with Crippen molar-refractivity contribution >= 4 is 0 Å². The first kappa shape index (κ1) is 19.5. The molecule has 0 aliphatic heterocycles. The Balaban J connectivity index is 1.47. The number of hydrogen-bond donors (Lipinski definition) is 1. The highest BCUT2D eigenvalue weighted by molar-refractivity contribution is 5.57. The third-order valence-corrected chi connectivity index (χ3v) is 11.3. The van der Waals surface area contributed by atoms with Gasteiger partial charge in [-0.05, 0) is 165 Å². The van der Waals surface area contributed by atoms with E-state index in [4.69, 9.17) is 0 Å². The van der Waals surface area contributed by atoms with Crippen LogP contribution in [0.5, 0.6) is 5.75 Å². The summed E-state index contributed by atoms with van der Waals surface area (Å²) in [6, 6.07) is 2.22. The second-order valence-corrected chi connectivity index (χ2v) is 13.9. The van der Waals surface area contributed by atoms with Crippen LogP contribution in [0.15, 0.2) is 6.07 Å². The van der Waals surface area contributed by atoms with E-state index >= 15 is 0 Å². The van der Waals surface area contributed by atoms with E-state index in [1.807, 2.05) is 0 Å². The molecular weight excluding hydrogens is 376 g/mol. The van der Waals surface area contributed by atoms with Gasteiger partial charge >= 0.3 is 0 Å². The molecule has 0 heterocycles. The molecule has 31 heavy (non-hydrogen) atoms. The fraction of sp³-hybridized carbons (Fsp3) is 0.800. The average molecular weight is 419 g/mol. The van der Waals surface area contributed by atoms with Gasteiger partial charge in [0.05, 0.1) is 0 Å². The van der Waals surface area contributed by atoms with Gasteiger partial charge in [0.25, 0.3) is 0 Å². The first-order valence-electron chi connectivity index (χ1n) is 13.7. The summed E-state index contributed by atoms with van der Waals surface area (Å²) >= 11 is 0. The molecule has 8 bridgehead atoms. The summed E-state index contributed by atoms with van der Waals surface area (Å²) in [5.74, 6) is 6.91. The molecule has 0 spiro atoms. The highest BCUT2D eigenvalue weighted by Crippen LogP contribution is 2.67. The minimum Gasteiger partial charge on any atom is -0.508 e. The maximum absolute atomic E-state index is 11.2. The van der Waals surface area contributed by atoms with Gasteiger partial charge in [0.15, 0.2) is 0 Å². The standard InChI is InChI=1S/C30H42O/c1-17(2)25-10-26(31)18(3)27(29-11-19-4-20(12-29)6-21(5-19)13-29)28(25)30-14-22-7-23(15-30)9-24(8-22)16-30/h10,17,19-24,31H,4-9,11-16H2,1-3H3. The van der Waals surface area contributed by atoms with Crippen molar-refractivity contribution in [3.05, 3.63) is 28.3 Å². The zero-order valence-electron chi connectivity index (χ0n) is 20.1. The molecule has 8 fully saturated rings. The molecule has 168 valence electrons. The Morgan fingerprint density at radius 3 is 1.39 bits per heavy atom. The number of hydrogen-bond acceptors (Lipinski definition) is 1. The van der Waals surface area contributed by atoms with E-state index in [1.54, 1.807) is 11.1 Å². The van der Waals surface area contributed by atoms with Crippen molar-refractivity contribution in [1.29, 1.82) is 0 Å². The van der Waals surface area contributed by atoms with Crippen molar-refractivity contribution in [3.63, 3.8) is 0 Å². The predicted molar refractivity (Wildman–Crippen MR) is 127 cm³/mol. The van der Waals surface area contributed by atoms with E-state index < -0.39 is 0 Å². The maximum atomic E-state index is 11.2. The van der Waals surface area contributed by atoms with Gasteiger partial charge in [0, 0.05) is 0 Å². The van der Waals surface area contributed by atoms with Gasteiger partial charge in [-0.25, -0.2) is 0 Å². The molecule has 8 aliphatic rings. The van der Waals surface area contributed by atoms with Gasteiger partial charge in [-0.15, -0.1) is 0 Å². The molecule has 1 aromatic carbocycles. The van der Waals surface area contributed by atoms with Gasteiger partial charge in [0.1, 0.15) is 5.75 Å². The van der Waals surface area contributed by atoms with Crippen LogP contribution < -0.4 is 0 Å². The normalized spacial score (nSPS) is 47.0. The Kier molecular flexibility index (Phi) is 3.98. The molecule has 8 saturated carbocycles. The van der Waals surface area contributed by atoms with Crippen molar-refractivity contribution in [2.45, 2.75) is 115 Å². The van der Waals surface area contributed by atoms with Crippen molar-refractivity contribution in [2.24, 2.45) is 35.5 Å². The Labute approximate surface area is 189 Å². The van der Waals surface area contributed by atoms with Crippen LogP contribution in [0.25, 0.3) is 0 Å². The SMILES string of the molecule is Cc1c(O)cc(C(C)C)c(C23CC4CC(CC(C4)C2)C3)c1C12CC3CC(CC(C3)C1)C2. The van der Waals surface area contributed by atoms with Crippen LogP contribution in [0.4, 0.5) is 0 Å². The van der Waals surface area contributed by atoms with Gasteiger partial charge < -0.3 is 5.11 Å². The smallest absolute Gasteiger partial charge is 0.119 e. The first-order chi connectivity index (χ1) is 14.8. The first-order valence-corrected chi connectivity index (χ1v) is 13.7. The molecule has 0 aromatic heterocycles. The average Bonchev–Trinajstić information content (AvgIpc) is 2.67. The molecule has 0 radical (unpaired) electrons. The number of aromatic hydroxyl groups is 1. The zero-order valence-corrected chi connectivity index (χ0v) is 20.1. The Morgan fingerprint density at radius 1 is 0.677 bits per heavy atom. The lowest BCUT2D eigenvalue weighted by atomic mass is 9.43. The van der Waals surface area contributed by atoms with Crippen LogP contribution in [0.3, 0.4) is 0 Å². The summed E-state index contributed by atoms with van der Waals surface area (Å²) < 4.78 is 0. The van der Waals surface area contributed by atoms with Crippen molar-refractivity contribution in [1.82, 2.24) is 0 Å². The highest BCUT2D eigenvalue weighted by atomic mass is 16.3. The van der Waals surface area contributed by atoms with Crippen LogP contribution in [-0.2, 0) is 10.8 Å². The Hall–Kier alpha value is -0.980. The predicted octanol–water partition coefficient (Wildman–Crippen LogP) is 7.76. The number of rotatable bonds is 3. The molecule has 1 heteroatoms. The molecule has 0 amide bonds. The second-order valence-electron chi connectivity index (χ2n) is 13.9. The molecule has 0 unspecified atom stereocenters. The lowest BCUT2D eigenvalue weighted by Gasteiger charge is -2.61. The van der Waals surface area contributed by atoms with Crippen LogP contribution in [-0.4, -0.2) is 5.11 Å². The fourth-order valence-electron chi connectivity index (χ4n) is 11.3. The molecule has 8 aliphatic carbocycles. The maximum Gasteiger partial charge on any atom is 0.119 e. The van der Waals surface area contributed by atoms with Crippen LogP contribution in [0.1, 0.15) is 119 Å². The summed E-state index contributed by atoms with van der Waals surface area (Å²) in [5.41, 5.74) is 7.11. The molecule has 9 rings (SSSR count). The lowest BCUT2D eigenvalue weighted by molar-refractivity contribution is -0.0181. The van der Waals surface area contributed by atoms with Gasteiger partial charge in [-0.1, -0.05) is 13.8 Å². The number of phenolic OH excluding ortho intramolecular Hbond substituents is 1. The Morgan fingerprint density at radius 2 is 1.03 bits per heavy atom. The summed E-state index contributed by atoms with van der Waals surface area (Å²) in [6.07, 6.45) is 17.6. The minimum atomic E-state index is 0.375. The number of benzene rings is 1. The van der Waals surface area contributed by atoms with Crippen LogP contribution in [0, 0.1) is 42.4 Å².